The zero-order chi connectivity index (χ0) is 9.26. The molecule has 0 spiro atoms. The molecule has 0 bridgehead atoms. The summed E-state index contributed by atoms with van der Waals surface area (Å²) in [5.41, 5.74) is 7.46. The maximum Gasteiger partial charge on any atom is 0.137 e. The number of aromatic nitrogens is 2. The maximum atomic E-state index is 5.45. The molecule has 2 N–H and O–H groups in total. The van der Waals surface area contributed by atoms with Crippen LogP contribution in [0, 0.1) is 0 Å². The van der Waals surface area contributed by atoms with Crippen LogP contribution in [0.2, 0.25) is 0 Å². The van der Waals surface area contributed by atoms with E-state index in [9.17, 15) is 0 Å². The molecule has 0 fully saturated rings. The van der Waals surface area contributed by atoms with Gasteiger partial charge in [-0.3, -0.25) is 0 Å². The number of hydrogen-bond donors (Lipinski definition) is 1. The van der Waals surface area contributed by atoms with Gasteiger partial charge in [0.05, 0.1) is 5.69 Å². The van der Waals surface area contributed by atoms with Gasteiger partial charge in [0, 0.05) is 23.3 Å². The molecule has 13 heavy (non-hydrogen) atoms. The summed E-state index contributed by atoms with van der Waals surface area (Å²) in [6.07, 6.45) is 4.83. The molecule has 0 atom stereocenters. The monoisotopic (exact) mass is 239 g/mol. The van der Waals surface area contributed by atoms with Crippen LogP contribution in [0.4, 0.5) is 0 Å². The van der Waals surface area contributed by atoms with Crippen molar-refractivity contribution in [2.24, 2.45) is 5.73 Å². The van der Waals surface area contributed by atoms with Crippen molar-refractivity contribution in [3.05, 3.63) is 34.7 Å². The Labute approximate surface area is 84.7 Å². The van der Waals surface area contributed by atoms with E-state index in [1.54, 1.807) is 0 Å². The van der Waals surface area contributed by atoms with Crippen LogP contribution >= 0.6 is 15.9 Å². The quantitative estimate of drug-likeness (QED) is 0.866. The minimum absolute atomic E-state index is 0.644. The third-order valence-corrected chi connectivity index (χ3v) is 2.33. The molecule has 3 nitrogen and oxygen atoms in total. The van der Waals surface area contributed by atoms with Gasteiger partial charge in [0.15, 0.2) is 0 Å². The molecule has 0 aliphatic heterocycles. The Bertz CT molecular complexity index is 422. The van der Waals surface area contributed by atoms with Crippen molar-refractivity contribution in [2.75, 3.05) is 6.54 Å². The third kappa shape index (κ3) is 1.73. The SMILES string of the molecule is NCCc1cn2cc(Br)ccc2n1. The predicted molar refractivity (Wildman–Crippen MR) is 55.7 cm³/mol. The summed E-state index contributed by atoms with van der Waals surface area (Å²) in [6.45, 7) is 0.644. The maximum absolute atomic E-state index is 5.45. The van der Waals surface area contributed by atoms with Crippen LogP contribution in [0.25, 0.3) is 5.65 Å². The standard InChI is InChI=1S/C9H10BrN3/c10-7-1-2-9-12-8(3-4-11)6-13(9)5-7/h1-2,5-6H,3-4,11H2. The summed E-state index contributed by atoms with van der Waals surface area (Å²) in [6, 6.07) is 3.96. The number of fused-ring (bicyclic) bond motifs is 1. The van der Waals surface area contributed by atoms with Gasteiger partial charge in [0.25, 0.3) is 0 Å². The molecule has 2 heterocycles. The highest BCUT2D eigenvalue weighted by Gasteiger charge is 1.99. The van der Waals surface area contributed by atoms with E-state index in [0.717, 1.165) is 22.2 Å². The van der Waals surface area contributed by atoms with Crippen molar-refractivity contribution < 1.29 is 0 Å². The third-order valence-electron chi connectivity index (χ3n) is 1.87. The smallest absolute Gasteiger partial charge is 0.137 e. The van der Waals surface area contributed by atoms with Crippen LogP contribution < -0.4 is 5.73 Å². The highest BCUT2D eigenvalue weighted by atomic mass is 79.9. The Hall–Kier alpha value is -0.870. The van der Waals surface area contributed by atoms with Crippen molar-refractivity contribution in [1.82, 2.24) is 9.38 Å². The van der Waals surface area contributed by atoms with Gasteiger partial charge in [-0.05, 0) is 34.6 Å². The predicted octanol–water partition coefficient (Wildman–Crippen LogP) is 1.60. The van der Waals surface area contributed by atoms with Gasteiger partial charge in [-0.15, -0.1) is 0 Å². The normalized spacial score (nSPS) is 10.9. The molecular weight excluding hydrogens is 230 g/mol. The molecule has 0 unspecified atom stereocenters. The molecule has 0 saturated carbocycles. The number of nitrogens with zero attached hydrogens (tertiary/aromatic N) is 2. The average molecular weight is 240 g/mol. The summed E-state index contributed by atoms with van der Waals surface area (Å²) in [7, 11) is 0. The van der Waals surface area contributed by atoms with Gasteiger partial charge < -0.3 is 10.1 Å². The van der Waals surface area contributed by atoms with Crippen molar-refractivity contribution in [3.63, 3.8) is 0 Å². The second kappa shape index (κ2) is 3.47. The number of hydrogen-bond acceptors (Lipinski definition) is 2. The van der Waals surface area contributed by atoms with E-state index in [1.165, 1.54) is 0 Å². The van der Waals surface area contributed by atoms with E-state index < -0.39 is 0 Å². The number of pyridine rings is 1. The lowest BCUT2D eigenvalue weighted by molar-refractivity contribution is 0.937. The second-order valence-electron chi connectivity index (χ2n) is 2.88. The summed E-state index contributed by atoms with van der Waals surface area (Å²) in [5, 5.41) is 0. The lowest BCUT2D eigenvalue weighted by Gasteiger charge is -1.91. The first-order valence-corrected chi connectivity index (χ1v) is 4.92. The van der Waals surface area contributed by atoms with Gasteiger partial charge in [-0.2, -0.15) is 0 Å². The van der Waals surface area contributed by atoms with Crippen molar-refractivity contribution in [3.8, 4) is 0 Å². The number of rotatable bonds is 2. The minimum Gasteiger partial charge on any atom is -0.330 e. The van der Waals surface area contributed by atoms with Crippen molar-refractivity contribution in [2.45, 2.75) is 6.42 Å². The molecule has 0 aliphatic rings. The first-order valence-electron chi connectivity index (χ1n) is 4.13. The fraction of sp³-hybridized carbons (Fsp3) is 0.222. The zero-order valence-corrected chi connectivity index (χ0v) is 8.66. The van der Waals surface area contributed by atoms with E-state index >= 15 is 0 Å². The molecule has 0 aliphatic carbocycles. The van der Waals surface area contributed by atoms with E-state index in [-0.39, 0.29) is 0 Å². The Morgan fingerprint density at radius 1 is 1.38 bits per heavy atom. The fourth-order valence-electron chi connectivity index (χ4n) is 1.29. The molecule has 0 saturated heterocycles. The Morgan fingerprint density at radius 3 is 3.00 bits per heavy atom. The summed E-state index contributed by atoms with van der Waals surface area (Å²) < 4.78 is 3.05. The topological polar surface area (TPSA) is 43.3 Å². The summed E-state index contributed by atoms with van der Waals surface area (Å²) >= 11 is 3.41. The van der Waals surface area contributed by atoms with Crippen LogP contribution in [0.15, 0.2) is 29.0 Å². The Balaban J connectivity index is 2.49. The lowest BCUT2D eigenvalue weighted by atomic mass is 10.3. The number of nitrogens with two attached hydrogens (primary N) is 1. The molecule has 2 rings (SSSR count). The van der Waals surface area contributed by atoms with Crippen molar-refractivity contribution in [1.29, 1.82) is 0 Å². The summed E-state index contributed by atoms with van der Waals surface area (Å²) in [5.74, 6) is 0. The number of imidazole rings is 1. The highest BCUT2D eigenvalue weighted by Crippen LogP contribution is 2.12. The molecule has 0 aromatic carbocycles. The average Bonchev–Trinajstić information content (AvgIpc) is 2.46. The largest absolute Gasteiger partial charge is 0.330 e. The Morgan fingerprint density at radius 2 is 2.23 bits per heavy atom. The second-order valence-corrected chi connectivity index (χ2v) is 3.80. The van der Waals surface area contributed by atoms with Crippen LogP contribution in [-0.2, 0) is 6.42 Å². The first-order chi connectivity index (χ1) is 6.29. The van der Waals surface area contributed by atoms with E-state index in [1.807, 2.05) is 28.9 Å². The fourth-order valence-corrected chi connectivity index (χ4v) is 1.64. The lowest BCUT2D eigenvalue weighted by Crippen LogP contribution is -2.02. The van der Waals surface area contributed by atoms with Gasteiger partial charge in [-0.1, -0.05) is 0 Å². The highest BCUT2D eigenvalue weighted by molar-refractivity contribution is 9.10. The van der Waals surface area contributed by atoms with Gasteiger partial charge >= 0.3 is 0 Å². The first kappa shape index (κ1) is 8.72. The molecule has 68 valence electrons. The van der Waals surface area contributed by atoms with Gasteiger partial charge in [0.2, 0.25) is 0 Å². The molecule has 2 aromatic heterocycles. The zero-order valence-electron chi connectivity index (χ0n) is 7.07. The molecule has 4 heteroatoms. The van der Waals surface area contributed by atoms with Gasteiger partial charge in [0.1, 0.15) is 5.65 Å². The van der Waals surface area contributed by atoms with E-state index in [4.69, 9.17) is 5.73 Å². The van der Waals surface area contributed by atoms with Crippen LogP contribution in [-0.4, -0.2) is 15.9 Å². The summed E-state index contributed by atoms with van der Waals surface area (Å²) in [4.78, 5) is 4.41. The van der Waals surface area contributed by atoms with Crippen LogP contribution in [0.1, 0.15) is 5.69 Å². The molecule has 2 aromatic rings. The van der Waals surface area contributed by atoms with E-state index in [2.05, 4.69) is 20.9 Å². The van der Waals surface area contributed by atoms with Crippen molar-refractivity contribution >= 4 is 21.6 Å². The Kier molecular flexibility index (Phi) is 2.33. The molecule has 0 radical (unpaired) electrons. The molecular formula is C9H10BrN3. The molecule has 0 amide bonds. The van der Waals surface area contributed by atoms with Crippen LogP contribution in [0.3, 0.4) is 0 Å². The van der Waals surface area contributed by atoms with Gasteiger partial charge in [-0.25, -0.2) is 4.98 Å². The minimum atomic E-state index is 0.644. The van der Waals surface area contributed by atoms with Crippen LogP contribution in [0.5, 0.6) is 0 Å². The number of halogens is 1. The van der Waals surface area contributed by atoms with E-state index in [0.29, 0.717) is 6.54 Å².